The number of hydrogen-bond acceptors (Lipinski definition) is 8. The Balaban J connectivity index is 1.66. The lowest BCUT2D eigenvalue weighted by Crippen LogP contribution is -2.65. The number of nitrogens with one attached hydrogen (secondary N) is 3. The predicted octanol–water partition coefficient (Wildman–Crippen LogP) is 0.105. The van der Waals surface area contributed by atoms with Crippen LogP contribution in [0.1, 0.15) is 66.7 Å². The summed E-state index contributed by atoms with van der Waals surface area (Å²) in [4.78, 5) is 39.7. The Bertz CT molecular complexity index is 903. The normalized spacial score (nSPS) is 29.6. The second kappa shape index (κ2) is 11.5. The largest absolute Gasteiger partial charge is 0.481 e. The number of carbonyl (C=O) groups is 2. The van der Waals surface area contributed by atoms with Gasteiger partial charge in [0.2, 0.25) is 11.8 Å². The summed E-state index contributed by atoms with van der Waals surface area (Å²) in [6, 6.07) is -0.864. The lowest BCUT2D eigenvalue weighted by atomic mass is 9.43. The first-order valence-electron chi connectivity index (χ1n) is 13.1. The molecule has 13 nitrogen and oxygen atoms in total. The fraction of sp³-hybridized carbons (Fsp3) is 0.870. The molecule has 2 amide bonds. The maximum Gasteiger partial charge on any atom is 0.481 e. The standard InChI is InChI=1S/C23H42BN7O6/c1-13(2)9-18(24-36-17-11-14-10-16(22(14,3)4)23(17,5)37-24)29-20(33)15(28-19(32)12-25)7-6-8-27-21(26)30-31(34)35/h13-18H,6-12,25H2,1-5H3,(H,28,32)(H,29,33)(H3,26,27,30)/t14-,15+,16-,17-,18+,23+/m1/s1. The molecule has 4 aliphatic rings. The second-order valence-corrected chi connectivity index (χ2v) is 11.7. The van der Waals surface area contributed by atoms with Crippen LogP contribution in [0, 0.1) is 33.3 Å². The van der Waals surface area contributed by atoms with Crippen LogP contribution >= 0.6 is 0 Å². The van der Waals surface area contributed by atoms with Crippen molar-refractivity contribution in [1.82, 2.24) is 16.1 Å². The van der Waals surface area contributed by atoms with Crippen molar-refractivity contribution in [2.24, 2.45) is 39.6 Å². The van der Waals surface area contributed by atoms with Crippen molar-refractivity contribution >= 4 is 24.9 Å². The van der Waals surface area contributed by atoms with Crippen molar-refractivity contribution in [3.05, 3.63) is 10.1 Å². The summed E-state index contributed by atoms with van der Waals surface area (Å²) in [5, 5.41) is 15.4. The number of nitro groups is 1. The van der Waals surface area contributed by atoms with Gasteiger partial charge in [0.15, 0.2) is 5.03 Å². The molecular formula is C23H42BN7O6. The molecule has 1 aliphatic heterocycles. The van der Waals surface area contributed by atoms with Crippen LogP contribution in [0.15, 0.2) is 4.99 Å². The summed E-state index contributed by atoms with van der Waals surface area (Å²) >= 11 is 0. The van der Waals surface area contributed by atoms with Gasteiger partial charge in [-0.05, 0) is 62.2 Å². The Kier molecular flexibility index (Phi) is 9.07. The predicted molar refractivity (Wildman–Crippen MR) is 138 cm³/mol. The molecule has 208 valence electrons. The number of nitrogens with two attached hydrogens (primary N) is 2. The van der Waals surface area contributed by atoms with Crippen LogP contribution in [0.2, 0.25) is 0 Å². The smallest absolute Gasteiger partial charge is 0.404 e. The summed E-state index contributed by atoms with van der Waals surface area (Å²) in [7, 11) is -0.583. The molecule has 0 radical (unpaired) electrons. The van der Waals surface area contributed by atoms with Crippen molar-refractivity contribution in [3.63, 3.8) is 0 Å². The van der Waals surface area contributed by atoms with Crippen LogP contribution in [0.5, 0.6) is 0 Å². The monoisotopic (exact) mass is 523 g/mol. The minimum Gasteiger partial charge on any atom is -0.404 e. The molecule has 6 atom stereocenters. The highest BCUT2D eigenvalue weighted by Gasteiger charge is 2.68. The third-order valence-corrected chi connectivity index (χ3v) is 8.33. The Labute approximate surface area is 218 Å². The molecule has 0 aromatic rings. The summed E-state index contributed by atoms with van der Waals surface area (Å²) in [6.45, 7) is 10.7. The summed E-state index contributed by atoms with van der Waals surface area (Å²) < 4.78 is 13.0. The Morgan fingerprint density at radius 3 is 2.54 bits per heavy atom. The van der Waals surface area contributed by atoms with Crippen molar-refractivity contribution in [3.8, 4) is 0 Å². The Hall–Kier alpha value is -2.45. The van der Waals surface area contributed by atoms with E-state index in [-0.39, 0.29) is 48.8 Å². The van der Waals surface area contributed by atoms with Crippen molar-refractivity contribution in [2.75, 3.05) is 13.1 Å². The van der Waals surface area contributed by atoms with Crippen LogP contribution in [0.25, 0.3) is 0 Å². The first-order valence-corrected chi connectivity index (χ1v) is 13.1. The number of nitrogens with zero attached hydrogens (tertiary/aromatic N) is 2. The molecule has 4 rings (SSSR count). The average Bonchev–Trinajstić information content (AvgIpc) is 3.16. The first-order chi connectivity index (χ1) is 17.3. The molecule has 3 aliphatic carbocycles. The number of amides is 2. The highest BCUT2D eigenvalue weighted by molar-refractivity contribution is 6.47. The van der Waals surface area contributed by atoms with Gasteiger partial charge in [0.1, 0.15) is 6.04 Å². The second-order valence-electron chi connectivity index (χ2n) is 11.7. The highest BCUT2D eigenvalue weighted by atomic mass is 16.7. The van der Waals surface area contributed by atoms with Gasteiger partial charge in [-0.3, -0.25) is 9.59 Å². The molecular weight excluding hydrogens is 481 g/mol. The number of carbonyl (C=O) groups excluding carboxylic acids is 2. The van der Waals surface area contributed by atoms with E-state index in [1.165, 1.54) is 0 Å². The van der Waals surface area contributed by atoms with Gasteiger partial charge < -0.3 is 31.4 Å². The third-order valence-electron chi connectivity index (χ3n) is 8.33. The Morgan fingerprint density at radius 1 is 1.24 bits per heavy atom. The van der Waals surface area contributed by atoms with Crippen LogP contribution < -0.4 is 27.5 Å². The summed E-state index contributed by atoms with van der Waals surface area (Å²) in [5.41, 5.74) is 12.5. The van der Waals surface area contributed by atoms with E-state index in [0.29, 0.717) is 24.7 Å². The van der Waals surface area contributed by atoms with Gasteiger partial charge in [-0.25, -0.2) is 15.1 Å². The van der Waals surface area contributed by atoms with E-state index >= 15 is 0 Å². The van der Waals surface area contributed by atoms with E-state index in [9.17, 15) is 19.7 Å². The zero-order valence-electron chi connectivity index (χ0n) is 22.5. The van der Waals surface area contributed by atoms with E-state index in [1.54, 1.807) is 5.43 Å². The molecule has 0 unspecified atom stereocenters. The van der Waals surface area contributed by atoms with Gasteiger partial charge in [-0.15, -0.1) is 0 Å². The maximum absolute atomic E-state index is 13.3. The van der Waals surface area contributed by atoms with Crippen molar-refractivity contribution < 1.29 is 23.9 Å². The van der Waals surface area contributed by atoms with E-state index in [2.05, 4.69) is 50.2 Å². The summed E-state index contributed by atoms with van der Waals surface area (Å²) in [6.07, 6.45) is 3.31. The quantitative estimate of drug-likeness (QED) is 0.0588. The van der Waals surface area contributed by atoms with Crippen LogP contribution in [-0.4, -0.2) is 66.7 Å². The molecule has 7 N–H and O–H groups in total. The molecule has 0 aromatic carbocycles. The molecule has 37 heavy (non-hydrogen) atoms. The third kappa shape index (κ3) is 6.53. The van der Waals surface area contributed by atoms with Crippen LogP contribution in [0.3, 0.4) is 0 Å². The number of aliphatic imine (C=N–C) groups is 1. The van der Waals surface area contributed by atoms with Crippen LogP contribution in [0.4, 0.5) is 0 Å². The zero-order chi connectivity index (χ0) is 27.5. The lowest BCUT2D eigenvalue weighted by Gasteiger charge is -2.64. The number of rotatable bonds is 12. The molecule has 0 aromatic heterocycles. The van der Waals surface area contributed by atoms with E-state index in [1.807, 2.05) is 0 Å². The SMILES string of the molecule is CC(C)C[C@H](NC(=O)[C@H](CCCN=C(N)N[N+](=O)[O-])NC(=O)CN)B1O[C@@H]2C[C@H]3C[C@H](C3(C)C)[C@]2(C)O1. The van der Waals surface area contributed by atoms with Crippen molar-refractivity contribution in [1.29, 1.82) is 0 Å². The van der Waals surface area contributed by atoms with Gasteiger partial charge in [0.25, 0.3) is 5.96 Å². The summed E-state index contributed by atoms with van der Waals surface area (Å²) in [5.74, 6) is -0.285. The van der Waals surface area contributed by atoms with E-state index < -0.39 is 35.6 Å². The number of guanidine groups is 1. The number of hydrazine groups is 1. The maximum atomic E-state index is 13.3. The Morgan fingerprint density at radius 2 is 1.95 bits per heavy atom. The fourth-order valence-electron chi connectivity index (χ4n) is 6.25. The molecule has 14 heteroatoms. The molecule has 4 fully saturated rings. The van der Waals surface area contributed by atoms with Gasteiger partial charge >= 0.3 is 7.12 Å². The van der Waals surface area contributed by atoms with Gasteiger partial charge in [0, 0.05) is 6.54 Å². The van der Waals surface area contributed by atoms with Crippen molar-refractivity contribution in [2.45, 2.75) is 90.4 Å². The van der Waals surface area contributed by atoms with Crippen LogP contribution in [-0.2, 0) is 18.9 Å². The minimum atomic E-state index is -0.864. The van der Waals surface area contributed by atoms with E-state index in [4.69, 9.17) is 20.8 Å². The number of hydrogen-bond donors (Lipinski definition) is 5. The van der Waals surface area contributed by atoms with Gasteiger partial charge in [-0.2, -0.15) is 0 Å². The molecule has 3 saturated carbocycles. The fourth-order valence-corrected chi connectivity index (χ4v) is 6.25. The molecule has 0 spiro atoms. The van der Waals surface area contributed by atoms with E-state index in [0.717, 1.165) is 12.8 Å². The minimum absolute atomic E-state index is 0.00956. The molecule has 1 heterocycles. The molecule has 2 bridgehead atoms. The first kappa shape index (κ1) is 29.1. The lowest BCUT2D eigenvalue weighted by molar-refractivity contribution is -0.525. The van der Waals surface area contributed by atoms with Gasteiger partial charge in [-0.1, -0.05) is 33.1 Å². The molecule has 1 saturated heterocycles. The zero-order valence-corrected chi connectivity index (χ0v) is 22.5. The van der Waals surface area contributed by atoms with Gasteiger partial charge in [0.05, 0.1) is 24.2 Å². The topological polar surface area (TPSA) is 196 Å². The highest BCUT2D eigenvalue weighted by Crippen LogP contribution is 2.65. The average molecular weight is 523 g/mol.